The van der Waals surface area contributed by atoms with Crippen molar-refractivity contribution in [3.05, 3.63) is 23.8 Å². The number of hydrogen-bond donors (Lipinski definition) is 1. The van der Waals surface area contributed by atoms with Crippen molar-refractivity contribution in [1.29, 1.82) is 0 Å². The van der Waals surface area contributed by atoms with Crippen LogP contribution in [0.2, 0.25) is 0 Å². The lowest BCUT2D eigenvalue weighted by Gasteiger charge is -2.05. The molecule has 0 aliphatic carbocycles. The summed E-state index contributed by atoms with van der Waals surface area (Å²) in [6.45, 7) is 0. The van der Waals surface area contributed by atoms with Crippen LogP contribution < -0.4 is 10.5 Å². The molecule has 1 aromatic heterocycles. The summed E-state index contributed by atoms with van der Waals surface area (Å²) in [6, 6.07) is 1.92. The SMILES string of the molecule is COc1nc(N)nc2cc(F)c(F)cc12. The number of nitrogens with zero attached hydrogens (tertiary/aromatic N) is 2. The number of methoxy groups -OCH3 is 1. The van der Waals surface area contributed by atoms with Crippen LogP contribution in [0.15, 0.2) is 12.1 Å². The first kappa shape index (κ1) is 9.57. The van der Waals surface area contributed by atoms with E-state index in [4.69, 9.17) is 10.5 Å². The molecule has 2 aromatic rings. The van der Waals surface area contributed by atoms with Crippen molar-refractivity contribution < 1.29 is 13.5 Å². The minimum absolute atomic E-state index is 0.0506. The second-order valence-corrected chi connectivity index (χ2v) is 2.87. The highest BCUT2D eigenvalue weighted by molar-refractivity contribution is 5.84. The Kier molecular flexibility index (Phi) is 2.11. The monoisotopic (exact) mass is 211 g/mol. The third kappa shape index (κ3) is 1.54. The molecule has 78 valence electrons. The number of fused-ring (bicyclic) bond motifs is 1. The molecule has 2 rings (SSSR count). The molecule has 15 heavy (non-hydrogen) atoms. The Labute approximate surface area is 83.7 Å². The number of ether oxygens (including phenoxy) is 1. The smallest absolute Gasteiger partial charge is 0.226 e. The summed E-state index contributed by atoms with van der Waals surface area (Å²) in [5, 5.41) is 0.283. The zero-order chi connectivity index (χ0) is 11.0. The molecular weight excluding hydrogens is 204 g/mol. The van der Waals surface area contributed by atoms with E-state index in [0.717, 1.165) is 12.1 Å². The van der Waals surface area contributed by atoms with Gasteiger partial charge in [0.2, 0.25) is 11.8 Å². The molecule has 0 radical (unpaired) electrons. The van der Waals surface area contributed by atoms with Gasteiger partial charge in [0.1, 0.15) is 0 Å². The van der Waals surface area contributed by atoms with E-state index in [1.54, 1.807) is 0 Å². The molecule has 1 heterocycles. The fourth-order valence-corrected chi connectivity index (χ4v) is 1.27. The maximum atomic E-state index is 12.9. The molecule has 4 nitrogen and oxygen atoms in total. The molecule has 0 unspecified atom stereocenters. The van der Waals surface area contributed by atoms with Gasteiger partial charge in [0.15, 0.2) is 11.6 Å². The van der Waals surface area contributed by atoms with Gasteiger partial charge in [-0.25, -0.2) is 13.8 Å². The van der Waals surface area contributed by atoms with E-state index in [9.17, 15) is 8.78 Å². The molecular formula is C9H7F2N3O. The van der Waals surface area contributed by atoms with Gasteiger partial charge in [-0.1, -0.05) is 0 Å². The summed E-state index contributed by atoms with van der Waals surface area (Å²) in [5.74, 6) is -1.89. The van der Waals surface area contributed by atoms with Gasteiger partial charge in [0.05, 0.1) is 18.0 Å². The molecule has 0 saturated carbocycles. The van der Waals surface area contributed by atoms with E-state index in [2.05, 4.69) is 9.97 Å². The zero-order valence-corrected chi connectivity index (χ0v) is 7.79. The number of nitrogen functional groups attached to an aromatic ring is 1. The topological polar surface area (TPSA) is 61.0 Å². The summed E-state index contributed by atoms with van der Waals surface area (Å²) >= 11 is 0. The van der Waals surface area contributed by atoms with Crippen LogP contribution >= 0.6 is 0 Å². The number of halogens is 2. The first-order valence-electron chi connectivity index (χ1n) is 4.08. The fraction of sp³-hybridized carbons (Fsp3) is 0.111. The Morgan fingerprint density at radius 3 is 2.53 bits per heavy atom. The van der Waals surface area contributed by atoms with E-state index < -0.39 is 11.6 Å². The Hall–Kier alpha value is -1.98. The Morgan fingerprint density at radius 2 is 1.87 bits per heavy atom. The predicted molar refractivity (Wildman–Crippen MR) is 50.4 cm³/mol. The molecule has 2 N–H and O–H groups in total. The third-order valence-electron chi connectivity index (χ3n) is 1.91. The number of hydrogen-bond acceptors (Lipinski definition) is 4. The molecule has 0 aliphatic heterocycles. The van der Waals surface area contributed by atoms with Gasteiger partial charge >= 0.3 is 0 Å². The molecule has 0 spiro atoms. The van der Waals surface area contributed by atoms with Gasteiger partial charge in [0.25, 0.3) is 0 Å². The maximum absolute atomic E-state index is 12.9. The average molecular weight is 211 g/mol. The summed E-state index contributed by atoms with van der Waals surface area (Å²) in [5.41, 5.74) is 5.58. The molecule has 6 heteroatoms. The normalized spacial score (nSPS) is 10.6. The fourth-order valence-electron chi connectivity index (χ4n) is 1.27. The van der Waals surface area contributed by atoms with E-state index in [1.807, 2.05) is 0 Å². The van der Waals surface area contributed by atoms with Crippen LogP contribution in [0.1, 0.15) is 0 Å². The summed E-state index contributed by atoms with van der Waals surface area (Å²) in [4.78, 5) is 7.51. The standard InChI is InChI=1S/C9H7F2N3O/c1-15-8-4-2-5(10)6(11)3-7(4)13-9(12)14-8/h2-3H,1H3,(H2,12,13,14). The molecule has 0 atom stereocenters. The van der Waals surface area contributed by atoms with Crippen molar-refractivity contribution in [1.82, 2.24) is 9.97 Å². The van der Waals surface area contributed by atoms with Gasteiger partial charge in [-0.2, -0.15) is 4.98 Å². The van der Waals surface area contributed by atoms with E-state index in [0.29, 0.717) is 0 Å². The third-order valence-corrected chi connectivity index (χ3v) is 1.91. The number of aromatic nitrogens is 2. The van der Waals surface area contributed by atoms with Crippen molar-refractivity contribution in [3.8, 4) is 5.88 Å². The lowest BCUT2D eigenvalue weighted by Crippen LogP contribution is -1.99. The summed E-state index contributed by atoms with van der Waals surface area (Å²) < 4.78 is 30.7. The van der Waals surface area contributed by atoms with Crippen molar-refractivity contribution in [3.63, 3.8) is 0 Å². The predicted octanol–water partition coefficient (Wildman–Crippen LogP) is 1.50. The average Bonchev–Trinajstić information content (AvgIpc) is 2.19. The number of nitrogens with two attached hydrogens (primary N) is 1. The minimum atomic E-state index is -0.984. The Bertz CT molecular complexity index is 530. The van der Waals surface area contributed by atoms with Crippen LogP contribution in [-0.2, 0) is 0 Å². The van der Waals surface area contributed by atoms with Crippen LogP contribution in [0.4, 0.5) is 14.7 Å². The highest BCUT2D eigenvalue weighted by Crippen LogP contribution is 2.25. The van der Waals surface area contributed by atoms with Crippen molar-refractivity contribution in [2.24, 2.45) is 0 Å². The quantitative estimate of drug-likeness (QED) is 0.776. The maximum Gasteiger partial charge on any atom is 0.226 e. The van der Waals surface area contributed by atoms with E-state index in [-0.39, 0.29) is 22.7 Å². The second kappa shape index (κ2) is 3.30. The van der Waals surface area contributed by atoms with E-state index in [1.165, 1.54) is 7.11 Å². The van der Waals surface area contributed by atoms with Crippen molar-refractivity contribution in [2.75, 3.05) is 12.8 Å². The number of benzene rings is 1. The minimum Gasteiger partial charge on any atom is -0.480 e. The molecule has 0 amide bonds. The highest BCUT2D eigenvalue weighted by Gasteiger charge is 2.11. The lowest BCUT2D eigenvalue weighted by molar-refractivity contribution is 0.403. The highest BCUT2D eigenvalue weighted by atomic mass is 19.2. The zero-order valence-electron chi connectivity index (χ0n) is 7.79. The van der Waals surface area contributed by atoms with Gasteiger partial charge in [-0.05, 0) is 6.07 Å². The molecule has 0 bridgehead atoms. The molecule has 0 aliphatic rings. The first-order chi connectivity index (χ1) is 7.11. The number of rotatable bonds is 1. The van der Waals surface area contributed by atoms with Crippen LogP contribution in [0.5, 0.6) is 5.88 Å². The van der Waals surface area contributed by atoms with Crippen LogP contribution in [0.3, 0.4) is 0 Å². The van der Waals surface area contributed by atoms with Crippen LogP contribution in [0.25, 0.3) is 10.9 Å². The molecule has 0 fully saturated rings. The van der Waals surface area contributed by atoms with Crippen LogP contribution in [-0.4, -0.2) is 17.1 Å². The van der Waals surface area contributed by atoms with Crippen molar-refractivity contribution >= 4 is 16.9 Å². The van der Waals surface area contributed by atoms with Gasteiger partial charge in [-0.3, -0.25) is 0 Å². The largest absolute Gasteiger partial charge is 0.480 e. The van der Waals surface area contributed by atoms with Gasteiger partial charge in [0, 0.05) is 6.07 Å². The van der Waals surface area contributed by atoms with E-state index >= 15 is 0 Å². The molecule has 1 aromatic carbocycles. The number of anilines is 1. The second-order valence-electron chi connectivity index (χ2n) is 2.87. The van der Waals surface area contributed by atoms with Crippen molar-refractivity contribution in [2.45, 2.75) is 0 Å². The summed E-state index contributed by atoms with van der Waals surface area (Å²) in [7, 11) is 1.36. The van der Waals surface area contributed by atoms with Gasteiger partial charge in [-0.15, -0.1) is 0 Å². The molecule has 0 saturated heterocycles. The summed E-state index contributed by atoms with van der Waals surface area (Å²) in [6.07, 6.45) is 0. The Morgan fingerprint density at radius 1 is 1.20 bits per heavy atom. The lowest BCUT2D eigenvalue weighted by atomic mass is 10.2. The Balaban J connectivity index is 2.84. The van der Waals surface area contributed by atoms with Crippen LogP contribution in [0, 0.1) is 11.6 Å². The van der Waals surface area contributed by atoms with Gasteiger partial charge < -0.3 is 10.5 Å². The first-order valence-corrected chi connectivity index (χ1v) is 4.08.